The van der Waals surface area contributed by atoms with Crippen LogP contribution in [0.2, 0.25) is 0 Å². The molecule has 1 atom stereocenters. The average Bonchev–Trinajstić information content (AvgIpc) is 3.18. The fourth-order valence-corrected chi connectivity index (χ4v) is 3.00. The van der Waals surface area contributed by atoms with Gasteiger partial charge in [-0.2, -0.15) is 5.10 Å². The summed E-state index contributed by atoms with van der Waals surface area (Å²) in [4.78, 5) is 30.4. The lowest BCUT2D eigenvalue weighted by atomic mass is 10.1. The lowest BCUT2D eigenvalue weighted by Crippen LogP contribution is -2.47. The van der Waals surface area contributed by atoms with E-state index in [2.05, 4.69) is 10.4 Å². The van der Waals surface area contributed by atoms with Gasteiger partial charge in [0.25, 0.3) is 11.8 Å². The molecule has 3 rings (SSSR count). The van der Waals surface area contributed by atoms with E-state index in [1.165, 1.54) is 18.8 Å². The molecule has 1 aliphatic heterocycles. The van der Waals surface area contributed by atoms with Crippen LogP contribution in [0, 0.1) is 0 Å². The highest BCUT2D eigenvalue weighted by atomic mass is 16.7. The molecule has 2 heterocycles. The number of likely N-dealkylation sites (N-methyl/N-ethyl adjacent to an activating group) is 1. The zero-order valence-corrected chi connectivity index (χ0v) is 15.6. The Hall–Kier alpha value is -2.87. The van der Waals surface area contributed by atoms with Gasteiger partial charge in [0.05, 0.1) is 25.6 Å². The minimum Gasteiger partial charge on any atom is -0.494 e. The zero-order valence-electron chi connectivity index (χ0n) is 15.6. The quantitative estimate of drug-likeness (QED) is 0.815. The fraction of sp³-hybridized carbons (Fsp3) is 0.421. The van der Waals surface area contributed by atoms with Crippen LogP contribution in [0.15, 0.2) is 36.5 Å². The summed E-state index contributed by atoms with van der Waals surface area (Å²) in [7, 11) is 2.95. The number of hydrogen-bond acceptors (Lipinski definition) is 5. The van der Waals surface area contributed by atoms with Crippen molar-refractivity contribution in [2.45, 2.75) is 31.7 Å². The summed E-state index contributed by atoms with van der Waals surface area (Å²) in [6.45, 7) is 0.596. The first-order valence-corrected chi connectivity index (χ1v) is 9.00. The van der Waals surface area contributed by atoms with Crippen LogP contribution in [0.5, 0.6) is 5.75 Å². The van der Waals surface area contributed by atoms with Gasteiger partial charge in [-0.05, 0) is 37.5 Å². The molecular formula is C19H24N4O4. The van der Waals surface area contributed by atoms with Gasteiger partial charge in [0.15, 0.2) is 0 Å². The molecule has 144 valence electrons. The minimum atomic E-state index is -0.666. The number of rotatable bonds is 2. The Morgan fingerprint density at radius 2 is 2.19 bits per heavy atom. The van der Waals surface area contributed by atoms with Crippen LogP contribution in [-0.2, 0) is 9.63 Å². The molecule has 0 aliphatic carbocycles. The lowest BCUT2D eigenvalue weighted by Gasteiger charge is -2.23. The molecule has 1 aromatic heterocycles. The first kappa shape index (κ1) is 18.9. The highest BCUT2D eigenvalue weighted by molar-refractivity contribution is 5.96. The van der Waals surface area contributed by atoms with Gasteiger partial charge in [-0.3, -0.25) is 14.4 Å². The summed E-state index contributed by atoms with van der Waals surface area (Å²) in [6.07, 6.45) is 4.63. The van der Waals surface area contributed by atoms with Crippen molar-refractivity contribution in [3.05, 3.63) is 42.2 Å². The summed E-state index contributed by atoms with van der Waals surface area (Å²) < 4.78 is 7.34. The predicted octanol–water partition coefficient (Wildman–Crippen LogP) is 1.94. The third-order valence-corrected chi connectivity index (χ3v) is 4.53. The molecular weight excluding hydrogens is 348 g/mol. The summed E-state index contributed by atoms with van der Waals surface area (Å²) in [6, 6.07) is 8.39. The van der Waals surface area contributed by atoms with Crippen LogP contribution < -0.4 is 10.1 Å². The van der Waals surface area contributed by atoms with Gasteiger partial charge in [0, 0.05) is 13.1 Å². The first-order chi connectivity index (χ1) is 13.1. The molecule has 8 nitrogen and oxygen atoms in total. The standard InChI is InChI=1S/C19H24N4O4/c1-22(26-2)19(25)16-9-4-3-5-12-27-15-8-6-7-14(13-15)23-17(10-11-20-23)18(24)21-16/h6-8,10-11,13,16H,3-5,9,12H2,1-2H3,(H,21,24)/t16-/m0/s1. The molecule has 2 amide bonds. The monoisotopic (exact) mass is 372 g/mol. The number of nitrogens with zero attached hydrogens (tertiary/aromatic N) is 3. The van der Waals surface area contributed by atoms with Crippen LogP contribution in [0.3, 0.4) is 0 Å². The van der Waals surface area contributed by atoms with E-state index in [9.17, 15) is 9.59 Å². The van der Waals surface area contributed by atoms with Crippen molar-refractivity contribution >= 4 is 11.8 Å². The molecule has 1 aliphatic rings. The molecule has 1 N–H and O–H groups in total. The maximum Gasteiger partial charge on any atom is 0.270 e. The molecule has 8 heteroatoms. The Kier molecular flexibility index (Phi) is 6.08. The van der Waals surface area contributed by atoms with Crippen LogP contribution in [-0.4, -0.2) is 53.5 Å². The van der Waals surface area contributed by atoms with Crippen LogP contribution in [0.4, 0.5) is 0 Å². The second kappa shape index (κ2) is 8.68. The highest BCUT2D eigenvalue weighted by Crippen LogP contribution is 2.19. The molecule has 2 bridgehead atoms. The van der Waals surface area contributed by atoms with Gasteiger partial charge >= 0.3 is 0 Å². The van der Waals surface area contributed by atoms with Crippen molar-refractivity contribution in [1.29, 1.82) is 0 Å². The van der Waals surface area contributed by atoms with E-state index in [0.717, 1.165) is 35.8 Å². The maximum absolute atomic E-state index is 12.8. The Bertz CT molecular complexity index is 805. The van der Waals surface area contributed by atoms with Crippen molar-refractivity contribution in [2.24, 2.45) is 0 Å². The van der Waals surface area contributed by atoms with Crippen LogP contribution >= 0.6 is 0 Å². The molecule has 0 fully saturated rings. The molecule has 1 aromatic carbocycles. The number of hydroxylamine groups is 2. The number of carbonyl (C=O) groups excluding carboxylic acids is 2. The third kappa shape index (κ3) is 4.46. The number of amides is 2. The van der Waals surface area contributed by atoms with E-state index >= 15 is 0 Å². The summed E-state index contributed by atoms with van der Waals surface area (Å²) >= 11 is 0. The van der Waals surface area contributed by atoms with Gasteiger partial charge in [-0.1, -0.05) is 12.5 Å². The van der Waals surface area contributed by atoms with E-state index < -0.39 is 6.04 Å². The second-order valence-corrected chi connectivity index (χ2v) is 6.37. The summed E-state index contributed by atoms with van der Waals surface area (Å²) in [5, 5.41) is 8.22. The van der Waals surface area contributed by atoms with E-state index in [4.69, 9.17) is 9.57 Å². The Morgan fingerprint density at radius 1 is 1.33 bits per heavy atom. The topological polar surface area (TPSA) is 85.7 Å². The zero-order chi connectivity index (χ0) is 19.2. The maximum atomic E-state index is 12.8. The molecule has 2 aromatic rings. The van der Waals surface area contributed by atoms with Crippen molar-refractivity contribution in [3.63, 3.8) is 0 Å². The number of hydrogen-bond donors (Lipinski definition) is 1. The predicted molar refractivity (Wildman–Crippen MR) is 98.6 cm³/mol. The van der Waals surface area contributed by atoms with Gasteiger partial charge in [0.2, 0.25) is 0 Å². The van der Waals surface area contributed by atoms with Crippen molar-refractivity contribution in [2.75, 3.05) is 20.8 Å². The molecule has 0 radical (unpaired) electrons. The number of ether oxygens (including phenoxy) is 1. The number of fused-ring (bicyclic) bond motifs is 4. The Labute approximate surface area is 158 Å². The normalized spacial score (nSPS) is 17.9. The van der Waals surface area contributed by atoms with E-state index in [1.54, 1.807) is 12.3 Å². The van der Waals surface area contributed by atoms with Gasteiger partial charge < -0.3 is 10.1 Å². The first-order valence-electron chi connectivity index (χ1n) is 9.00. The molecule has 27 heavy (non-hydrogen) atoms. The Balaban J connectivity index is 1.92. The molecule has 0 saturated carbocycles. The summed E-state index contributed by atoms with van der Waals surface area (Å²) in [5.41, 5.74) is 1.07. The smallest absolute Gasteiger partial charge is 0.270 e. The van der Waals surface area contributed by atoms with Crippen molar-refractivity contribution in [3.8, 4) is 11.4 Å². The Morgan fingerprint density at radius 3 is 3.00 bits per heavy atom. The largest absolute Gasteiger partial charge is 0.494 e. The van der Waals surface area contributed by atoms with Gasteiger partial charge in [-0.25, -0.2) is 9.75 Å². The third-order valence-electron chi connectivity index (χ3n) is 4.53. The average molecular weight is 372 g/mol. The number of carbonyl (C=O) groups is 2. The number of benzene rings is 1. The van der Waals surface area contributed by atoms with Gasteiger partial charge in [0.1, 0.15) is 17.5 Å². The van der Waals surface area contributed by atoms with Crippen molar-refractivity contribution < 1.29 is 19.2 Å². The number of aromatic nitrogens is 2. The van der Waals surface area contributed by atoms with Crippen LogP contribution in [0.1, 0.15) is 36.2 Å². The molecule has 0 saturated heterocycles. The molecule has 0 spiro atoms. The second-order valence-electron chi connectivity index (χ2n) is 6.37. The van der Waals surface area contributed by atoms with Gasteiger partial charge in [-0.15, -0.1) is 0 Å². The van der Waals surface area contributed by atoms with Crippen molar-refractivity contribution in [1.82, 2.24) is 20.2 Å². The highest BCUT2D eigenvalue weighted by Gasteiger charge is 2.26. The fourth-order valence-electron chi connectivity index (χ4n) is 3.00. The minimum absolute atomic E-state index is 0.290. The van der Waals surface area contributed by atoms with E-state index in [1.807, 2.05) is 24.3 Å². The van der Waals surface area contributed by atoms with Crippen LogP contribution in [0.25, 0.3) is 5.69 Å². The van der Waals surface area contributed by atoms with E-state index in [0.29, 0.717) is 18.7 Å². The SMILES string of the molecule is CON(C)C(=O)[C@@H]1CCCCCOc2cccc(c2)-n2nccc2C(=O)N1. The molecule has 0 unspecified atom stereocenters. The lowest BCUT2D eigenvalue weighted by molar-refractivity contribution is -0.171. The van der Waals surface area contributed by atoms with E-state index in [-0.39, 0.29) is 11.8 Å². The summed E-state index contributed by atoms with van der Waals surface area (Å²) in [5.74, 6) is 0.0854. The number of nitrogens with one attached hydrogen (secondary N) is 1.